The first-order valence-electron chi connectivity index (χ1n) is 9.12. The summed E-state index contributed by atoms with van der Waals surface area (Å²) in [5.41, 5.74) is 2.93. The molecule has 3 heteroatoms. The van der Waals surface area contributed by atoms with E-state index in [4.69, 9.17) is 4.74 Å². The highest BCUT2D eigenvalue weighted by molar-refractivity contribution is 5.81. The molecule has 0 spiro atoms. The summed E-state index contributed by atoms with van der Waals surface area (Å²) >= 11 is 0. The summed E-state index contributed by atoms with van der Waals surface area (Å²) in [5.74, 6) is 3.93. The molecule has 4 bridgehead atoms. The van der Waals surface area contributed by atoms with Crippen molar-refractivity contribution >= 4 is 10.9 Å². The van der Waals surface area contributed by atoms with Crippen LogP contribution in [0.1, 0.15) is 44.2 Å². The fourth-order valence-corrected chi connectivity index (χ4v) is 6.00. The van der Waals surface area contributed by atoms with Crippen LogP contribution in [0.2, 0.25) is 0 Å². The largest absolute Gasteiger partial charge is 0.497 e. The van der Waals surface area contributed by atoms with Gasteiger partial charge in [-0.25, -0.2) is 0 Å². The van der Waals surface area contributed by atoms with E-state index >= 15 is 0 Å². The fraction of sp³-hybridized carbons (Fsp3) is 0.600. The highest BCUT2D eigenvalue weighted by atomic mass is 16.5. The minimum Gasteiger partial charge on any atom is -0.497 e. The molecule has 1 aromatic carbocycles. The van der Waals surface area contributed by atoms with E-state index < -0.39 is 0 Å². The minimum atomic E-state index is 0.434. The second-order valence-corrected chi connectivity index (χ2v) is 8.30. The number of fused-ring (bicyclic) bond motifs is 1. The van der Waals surface area contributed by atoms with Gasteiger partial charge in [-0.05, 0) is 80.5 Å². The van der Waals surface area contributed by atoms with Gasteiger partial charge in [0, 0.05) is 28.7 Å². The van der Waals surface area contributed by atoms with Gasteiger partial charge in [-0.3, -0.25) is 0 Å². The SMILES string of the molecule is COc1ccc2[nH]c(CNC34CC5CC(CC(C5)C3)C4)cc2c1. The first-order valence-corrected chi connectivity index (χ1v) is 9.12. The monoisotopic (exact) mass is 310 g/mol. The van der Waals surface area contributed by atoms with Gasteiger partial charge in [-0.1, -0.05) is 0 Å². The molecule has 1 aromatic heterocycles. The Bertz CT molecular complexity index is 697. The van der Waals surface area contributed by atoms with Crippen molar-refractivity contribution in [2.75, 3.05) is 7.11 Å². The van der Waals surface area contributed by atoms with E-state index in [1.54, 1.807) is 7.11 Å². The molecule has 23 heavy (non-hydrogen) atoms. The molecule has 4 aliphatic carbocycles. The molecule has 0 amide bonds. The summed E-state index contributed by atoms with van der Waals surface area (Å²) in [6.07, 6.45) is 8.75. The predicted molar refractivity (Wildman–Crippen MR) is 92.6 cm³/mol. The molecule has 0 radical (unpaired) electrons. The average molecular weight is 310 g/mol. The van der Waals surface area contributed by atoms with Gasteiger partial charge in [-0.2, -0.15) is 0 Å². The summed E-state index contributed by atoms with van der Waals surface area (Å²) in [4.78, 5) is 3.56. The number of benzene rings is 1. The molecular weight excluding hydrogens is 284 g/mol. The third kappa shape index (κ3) is 2.37. The summed E-state index contributed by atoms with van der Waals surface area (Å²) in [6, 6.07) is 8.52. The lowest BCUT2D eigenvalue weighted by atomic mass is 9.53. The minimum absolute atomic E-state index is 0.434. The number of aromatic nitrogens is 1. The van der Waals surface area contributed by atoms with Crippen LogP contribution in [-0.4, -0.2) is 17.6 Å². The van der Waals surface area contributed by atoms with Crippen LogP contribution in [0.15, 0.2) is 24.3 Å². The fourth-order valence-electron chi connectivity index (χ4n) is 6.00. The standard InChI is InChI=1S/C20H26N2O/c1-23-18-2-3-19-16(8-18)7-17(22-19)12-21-20-9-13-4-14(10-20)6-15(5-13)11-20/h2-3,7-8,13-15,21-22H,4-6,9-12H2,1H3. The molecule has 3 nitrogen and oxygen atoms in total. The van der Waals surface area contributed by atoms with E-state index in [1.807, 2.05) is 6.07 Å². The normalized spacial score (nSPS) is 35.1. The van der Waals surface area contributed by atoms with Crippen molar-refractivity contribution in [1.82, 2.24) is 10.3 Å². The van der Waals surface area contributed by atoms with Gasteiger partial charge in [0.1, 0.15) is 5.75 Å². The Kier molecular flexibility index (Phi) is 3.03. The number of rotatable bonds is 4. The molecule has 4 aliphatic rings. The van der Waals surface area contributed by atoms with E-state index in [9.17, 15) is 0 Å². The van der Waals surface area contributed by atoms with Gasteiger partial charge in [0.15, 0.2) is 0 Å². The molecule has 0 unspecified atom stereocenters. The maximum Gasteiger partial charge on any atom is 0.119 e. The Morgan fingerprint density at radius 1 is 1.09 bits per heavy atom. The number of methoxy groups -OCH3 is 1. The molecule has 2 N–H and O–H groups in total. The molecule has 2 aromatic rings. The molecule has 4 saturated carbocycles. The molecule has 0 atom stereocenters. The van der Waals surface area contributed by atoms with E-state index in [0.717, 1.165) is 30.0 Å². The molecule has 1 heterocycles. The number of ether oxygens (including phenoxy) is 1. The van der Waals surface area contributed by atoms with E-state index in [-0.39, 0.29) is 0 Å². The van der Waals surface area contributed by atoms with Gasteiger partial charge < -0.3 is 15.0 Å². The second-order valence-electron chi connectivity index (χ2n) is 8.30. The zero-order valence-corrected chi connectivity index (χ0v) is 13.9. The van der Waals surface area contributed by atoms with Crippen LogP contribution in [0.3, 0.4) is 0 Å². The zero-order chi connectivity index (χ0) is 15.4. The van der Waals surface area contributed by atoms with Crippen molar-refractivity contribution in [3.8, 4) is 5.75 Å². The van der Waals surface area contributed by atoms with Crippen molar-refractivity contribution < 1.29 is 4.74 Å². The van der Waals surface area contributed by atoms with Crippen LogP contribution in [0, 0.1) is 17.8 Å². The third-order valence-corrected chi connectivity index (χ3v) is 6.58. The maximum atomic E-state index is 5.33. The Labute approximate surface area is 137 Å². The van der Waals surface area contributed by atoms with Gasteiger partial charge in [0.05, 0.1) is 7.11 Å². The summed E-state index contributed by atoms with van der Waals surface area (Å²) in [6.45, 7) is 0.961. The molecular formula is C20H26N2O. The Morgan fingerprint density at radius 3 is 2.43 bits per heavy atom. The number of H-pyrrole nitrogens is 1. The lowest BCUT2D eigenvalue weighted by Crippen LogP contribution is -2.58. The molecule has 4 fully saturated rings. The lowest BCUT2D eigenvalue weighted by molar-refractivity contribution is -0.0207. The average Bonchev–Trinajstić information content (AvgIpc) is 2.93. The van der Waals surface area contributed by atoms with Crippen LogP contribution in [0.25, 0.3) is 10.9 Å². The Hall–Kier alpha value is -1.48. The first kappa shape index (κ1) is 13.9. The van der Waals surface area contributed by atoms with Gasteiger partial charge in [-0.15, -0.1) is 0 Å². The van der Waals surface area contributed by atoms with E-state index in [2.05, 4.69) is 28.5 Å². The third-order valence-electron chi connectivity index (χ3n) is 6.58. The Balaban J connectivity index is 1.34. The number of hydrogen-bond acceptors (Lipinski definition) is 2. The topological polar surface area (TPSA) is 37.0 Å². The van der Waals surface area contributed by atoms with Gasteiger partial charge >= 0.3 is 0 Å². The van der Waals surface area contributed by atoms with E-state index in [0.29, 0.717) is 5.54 Å². The van der Waals surface area contributed by atoms with Crippen molar-refractivity contribution in [2.24, 2.45) is 17.8 Å². The highest BCUT2D eigenvalue weighted by Crippen LogP contribution is 2.55. The van der Waals surface area contributed by atoms with E-state index in [1.165, 1.54) is 55.1 Å². The summed E-state index contributed by atoms with van der Waals surface area (Å²) in [7, 11) is 1.73. The smallest absolute Gasteiger partial charge is 0.119 e. The van der Waals surface area contributed by atoms with Gasteiger partial charge in [0.25, 0.3) is 0 Å². The molecule has 122 valence electrons. The second kappa shape index (κ2) is 5.01. The van der Waals surface area contributed by atoms with Crippen LogP contribution in [-0.2, 0) is 6.54 Å². The quantitative estimate of drug-likeness (QED) is 0.886. The van der Waals surface area contributed by atoms with Crippen LogP contribution in [0.4, 0.5) is 0 Å². The van der Waals surface area contributed by atoms with Crippen LogP contribution in [0.5, 0.6) is 5.75 Å². The van der Waals surface area contributed by atoms with Gasteiger partial charge in [0.2, 0.25) is 0 Å². The first-order chi connectivity index (χ1) is 11.2. The molecule has 0 aliphatic heterocycles. The molecule has 0 saturated heterocycles. The maximum absolute atomic E-state index is 5.33. The lowest BCUT2D eigenvalue weighted by Gasteiger charge is -2.57. The number of aromatic amines is 1. The van der Waals surface area contributed by atoms with Crippen molar-refractivity contribution in [1.29, 1.82) is 0 Å². The van der Waals surface area contributed by atoms with Crippen molar-refractivity contribution in [3.05, 3.63) is 30.0 Å². The molecule has 6 rings (SSSR count). The van der Waals surface area contributed by atoms with Crippen molar-refractivity contribution in [2.45, 2.75) is 50.6 Å². The highest BCUT2D eigenvalue weighted by Gasteiger charge is 2.50. The van der Waals surface area contributed by atoms with Crippen LogP contribution < -0.4 is 10.1 Å². The summed E-state index contributed by atoms with van der Waals surface area (Å²) < 4.78 is 5.33. The summed E-state index contributed by atoms with van der Waals surface area (Å²) in [5, 5.41) is 5.21. The van der Waals surface area contributed by atoms with Crippen LogP contribution >= 0.6 is 0 Å². The predicted octanol–water partition coefficient (Wildman–Crippen LogP) is 4.23. The van der Waals surface area contributed by atoms with Crippen molar-refractivity contribution in [3.63, 3.8) is 0 Å². The number of nitrogens with one attached hydrogen (secondary N) is 2. The zero-order valence-electron chi connectivity index (χ0n) is 13.9. The Morgan fingerprint density at radius 2 is 1.78 bits per heavy atom. The number of hydrogen-bond donors (Lipinski definition) is 2.